The van der Waals surface area contributed by atoms with Gasteiger partial charge in [0.15, 0.2) is 0 Å². The summed E-state index contributed by atoms with van der Waals surface area (Å²) in [6.07, 6.45) is 10.2. The fraction of sp³-hybridized carbons (Fsp3) is 0.800. The smallest absolute Gasteiger partial charge is 0.137 e. The summed E-state index contributed by atoms with van der Waals surface area (Å²) >= 11 is 3.65. The molecular formula is C10H16BrN3. The van der Waals surface area contributed by atoms with E-state index in [1.807, 2.05) is 11.0 Å². The maximum atomic E-state index is 4.19. The molecule has 1 aromatic heterocycles. The van der Waals surface area contributed by atoms with Crippen molar-refractivity contribution in [3.63, 3.8) is 0 Å². The molecule has 0 unspecified atom stereocenters. The molecule has 0 amide bonds. The van der Waals surface area contributed by atoms with Gasteiger partial charge in [-0.1, -0.05) is 35.2 Å². The Morgan fingerprint density at radius 1 is 1.29 bits per heavy atom. The van der Waals surface area contributed by atoms with Gasteiger partial charge in [0, 0.05) is 11.9 Å². The number of aromatic nitrogens is 3. The van der Waals surface area contributed by atoms with Crippen LogP contribution in [0.2, 0.25) is 0 Å². The Bertz CT molecular complexity index is 265. The quantitative estimate of drug-likeness (QED) is 0.780. The summed E-state index contributed by atoms with van der Waals surface area (Å²) in [5.74, 6) is 0. The van der Waals surface area contributed by atoms with E-state index < -0.39 is 0 Å². The van der Waals surface area contributed by atoms with Gasteiger partial charge >= 0.3 is 0 Å². The van der Waals surface area contributed by atoms with Crippen molar-refractivity contribution in [1.82, 2.24) is 14.8 Å². The fourth-order valence-electron chi connectivity index (χ4n) is 2.29. The fourth-order valence-corrected chi connectivity index (χ4v) is 3.03. The van der Waals surface area contributed by atoms with Crippen molar-refractivity contribution in [3.05, 3.63) is 12.7 Å². The van der Waals surface area contributed by atoms with Crippen molar-refractivity contribution in [2.24, 2.45) is 5.41 Å². The molecule has 1 saturated carbocycles. The lowest BCUT2D eigenvalue weighted by Gasteiger charge is -2.35. The summed E-state index contributed by atoms with van der Waals surface area (Å²) < 4.78 is 1.96. The highest BCUT2D eigenvalue weighted by molar-refractivity contribution is 9.09. The highest BCUT2D eigenvalue weighted by Crippen LogP contribution is 2.38. The monoisotopic (exact) mass is 257 g/mol. The topological polar surface area (TPSA) is 30.7 Å². The summed E-state index contributed by atoms with van der Waals surface area (Å²) in [5.41, 5.74) is 0.423. The van der Waals surface area contributed by atoms with Gasteiger partial charge in [0.2, 0.25) is 0 Å². The van der Waals surface area contributed by atoms with E-state index in [0.717, 1.165) is 11.9 Å². The van der Waals surface area contributed by atoms with Crippen LogP contribution in [0, 0.1) is 5.41 Å². The Kier molecular flexibility index (Phi) is 3.21. The maximum absolute atomic E-state index is 4.19. The summed E-state index contributed by atoms with van der Waals surface area (Å²) in [7, 11) is 0. The minimum Gasteiger partial charge on any atom is -0.252 e. The summed E-state index contributed by atoms with van der Waals surface area (Å²) in [6.45, 7) is 1.01. The van der Waals surface area contributed by atoms with Crippen LogP contribution in [0.4, 0.5) is 0 Å². The largest absolute Gasteiger partial charge is 0.252 e. The summed E-state index contributed by atoms with van der Waals surface area (Å²) in [4.78, 5) is 3.99. The van der Waals surface area contributed by atoms with Crippen molar-refractivity contribution in [2.75, 3.05) is 5.33 Å². The minimum absolute atomic E-state index is 0.423. The molecule has 0 spiro atoms. The van der Waals surface area contributed by atoms with Gasteiger partial charge in [-0.3, -0.25) is 4.68 Å². The van der Waals surface area contributed by atoms with Crippen molar-refractivity contribution in [2.45, 2.75) is 38.6 Å². The lowest BCUT2D eigenvalue weighted by atomic mass is 9.76. The van der Waals surface area contributed by atoms with E-state index in [4.69, 9.17) is 0 Å². The Balaban J connectivity index is 2.04. The molecule has 0 radical (unpaired) electrons. The predicted molar refractivity (Wildman–Crippen MR) is 59.3 cm³/mol. The van der Waals surface area contributed by atoms with Crippen molar-refractivity contribution < 1.29 is 0 Å². The molecule has 1 aliphatic rings. The van der Waals surface area contributed by atoms with Crippen LogP contribution in [0.5, 0.6) is 0 Å². The van der Waals surface area contributed by atoms with Gasteiger partial charge in [0.05, 0.1) is 0 Å². The predicted octanol–water partition coefficient (Wildman–Crippen LogP) is 2.62. The molecule has 2 rings (SSSR count). The molecule has 1 aromatic rings. The van der Waals surface area contributed by atoms with Crippen LogP contribution < -0.4 is 0 Å². The van der Waals surface area contributed by atoms with Gasteiger partial charge in [-0.05, 0) is 18.3 Å². The lowest BCUT2D eigenvalue weighted by Crippen LogP contribution is -2.31. The van der Waals surface area contributed by atoms with Crippen LogP contribution in [-0.4, -0.2) is 20.1 Å². The molecule has 0 aliphatic heterocycles. The molecule has 1 fully saturated rings. The van der Waals surface area contributed by atoms with Gasteiger partial charge in [-0.25, -0.2) is 4.98 Å². The van der Waals surface area contributed by atoms with Crippen molar-refractivity contribution in [1.29, 1.82) is 0 Å². The molecule has 78 valence electrons. The number of nitrogens with zero attached hydrogens (tertiary/aromatic N) is 3. The molecule has 1 heterocycles. The molecular weight excluding hydrogens is 242 g/mol. The lowest BCUT2D eigenvalue weighted by molar-refractivity contribution is 0.183. The molecule has 0 bridgehead atoms. The van der Waals surface area contributed by atoms with Crippen LogP contribution in [0.25, 0.3) is 0 Å². The molecule has 4 heteroatoms. The normalized spacial score (nSPS) is 20.9. The zero-order chi connectivity index (χ0) is 9.86. The van der Waals surface area contributed by atoms with E-state index in [1.165, 1.54) is 32.1 Å². The Morgan fingerprint density at radius 3 is 2.64 bits per heavy atom. The van der Waals surface area contributed by atoms with E-state index >= 15 is 0 Å². The summed E-state index contributed by atoms with van der Waals surface area (Å²) in [6, 6.07) is 0. The Morgan fingerprint density at radius 2 is 2.07 bits per heavy atom. The van der Waals surface area contributed by atoms with E-state index in [9.17, 15) is 0 Å². The highest BCUT2D eigenvalue weighted by Gasteiger charge is 2.31. The zero-order valence-electron chi connectivity index (χ0n) is 8.32. The summed E-state index contributed by atoms with van der Waals surface area (Å²) in [5, 5.41) is 5.27. The van der Waals surface area contributed by atoms with E-state index in [0.29, 0.717) is 5.41 Å². The maximum Gasteiger partial charge on any atom is 0.137 e. The third-order valence-corrected chi connectivity index (χ3v) is 4.35. The first-order valence-electron chi connectivity index (χ1n) is 5.23. The molecule has 0 N–H and O–H groups in total. The number of halogens is 1. The highest BCUT2D eigenvalue weighted by atomic mass is 79.9. The van der Waals surface area contributed by atoms with Crippen LogP contribution in [0.15, 0.2) is 12.7 Å². The average Bonchev–Trinajstić information content (AvgIpc) is 2.72. The molecule has 14 heavy (non-hydrogen) atoms. The second-order valence-corrected chi connectivity index (χ2v) is 4.85. The van der Waals surface area contributed by atoms with E-state index in [1.54, 1.807) is 6.33 Å². The van der Waals surface area contributed by atoms with E-state index in [-0.39, 0.29) is 0 Å². The van der Waals surface area contributed by atoms with Crippen LogP contribution >= 0.6 is 15.9 Å². The van der Waals surface area contributed by atoms with Gasteiger partial charge in [-0.15, -0.1) is 0 Å². The second kappa shape index (κ2) is 4.43. The first-order valence-corrected chi connectivity index (χ1v) is 6.35. The van der Waals surface area contributed by atoms with E-state index in [2.05, 4.69) is 26.0 Å². The molecule has 0 saturated heterocycles. The van der Waals surface area contributed by atoms with Gasteiger partial charge in [0.25, 0.3) is 0 Å². The molecule has 0 aromatic carbocycles. The molecule has 1 aliphatic carbocycles. The Labute approximate surface area is 93.0 Å². The average molecular weight is 258 g/mol. The first kappa shape index (κ1) is 10.1. The molecule has 3 nitrogen and oxygen atoms in total. The first-order chi connectivity index (χ1) is 6.85. The number of hydrogen-bond donors (Lipinski definition) is 0. The van der Waals surface area contributed by atoms with Crippen LogP contribution in [0.1, 0.15) is 32.1 Å². The third-order valence-electron chi connectivity index (χ3n) is 3.16. The van der Waals surface area contributed by atoms with Crippen molar-refractivity contribution in [3.8, 4) is 0 Å². The number of alkyl halides is 1. The van der Waals surface area contributed by atoms with Crippen LogP contribution in [-0.2, 0) is 6.54 Å². The standard InChI is InChI=1S/C10H16BrN3/c11-6-10(4-2-1-3-5-10)7-14-9-12-8-13-14/h8-9H,1-7H2. The number of hydrogen-bond acceptors (Lipinski definition) is 2. The SMILES string of the molecule is BrCC1(Cn2cncn2)CCCCC1. The number of rotatable bonds is 3. The van der Waals surface area contributed by atoms with Gasteiger partial charge in [0.1, 0.15) is 12.7 Å². The molecule has 0 atom stereocenters. The van der Waals surface area contributed by atoms with Gasteiger partial charge in [-0.2, -0.15) is 5.10 Å². The van der Waals surface area contributed by atoms with Gasteiger partial charge < -0.3 is 0 Å². The van der Waals surface area contributed by atoms with Crippen LogP contribution in [0.3, 0.4) is 0 Å². The van der Waals surface area contributed by atoms with Crippen molar-refractivity contribution >= 4 is 15.9 Å². The zero-order valence-corrected chi connectivity index (χ0v) is 9.91. The second-order valence-electron chi connectivity index (χ2n) is 4.29. The minimum atomic E-state index is 0.423. The Hall–Kier alpha value is -0.380. The third kappa shape index (κ3) is 2.16.